The zero-order valence-electron chi connectivity index (χ0n) is 9.00. The molecule has 0 spiro atoms. The van der Waals surface area contributed by atoms with Gasteiger partial charge in [-0.2, -0.15) is 0 Å². The number of benzene rings is 1. The molecule has 1 saturated carbocycles. The Labute approximate surface area is 94.4 Å². The van der Waals surface area contributed by atoms with Crippen LogP contribution >= 0.6 is 0 Å². The van der Waals surface area contributed by atoms with E-state index in [-0.39, 0.29) is 0 Å². The highest BCUT2D eigenvalue weighted by atomic mass is 16.3. The van der Waals surface area contributed by atoms with Gasteiger partial charge in [0.25, 0.3) is 0 Å². The highest BCUT2D eigenvalue weighted by Gasteiger charge is 2.39. The van der Waals surface area contributed by atoms with Gasteiger partial charge in [0.2, 0.25) is 0 Å². The third-order valence-corrected chi connectivity index (χ3v) is 3.10. The monoisotopic (exact) mass is 214 g/mol. The molecular weight excluding hydrogens is 200 g/mol. The van der Waals surface area contributed by atoms with E-state index in [1.165, 1.54) is 5.56 Å². The third-order valence-electron chi connectivity index (χ3n) is 3.10. The second-order valence-electron chi connectivity index (χ2n) is 4.54. The summed E-state index contributed by atoms with van der Waals surface area (Å²) in [4.78, 5) is 4.01. The fraction of sp³-hybridized carbons (Fsp3) is 0.308. The molecular formula is C13H14N2O. The molecule has 0 unspecified atom stereocenters. The van der Waals surface area contributed by atoms with Crippen molar-refractivity contribution in [2.75, 3.05) is 0 Å². The molecule has 1 aliphatic carbocycles. The Morgan fingerprint density at radius 1 is 1.25 bits per heavy atom. The van der Waals surface area contributed by atoms with Crippen molar-refractivity contribution in [1.29, 1.82) is 0 Å². The van der Waals surface area contributed by atoms with E-state index < -0.39 is 5.60 Å². The molecule has 0 amide bonds. The van der Waals surface area contributed by atoms with Gasteiger partial charge in [0.15, 0.2) is 0 Å². The lowest BCUT2D eigenvalue weighted by molar-refractivity contribution is 0.151. The van der Waals surface area contributed by atoms with Gasteiger partial charge in [0, 0.05) is 24.5 Å². The lowest BCUT2D eigenvalue weighted by Crippen LogP contribution is -2.10. The minimum Gasteiger partial charge on any atom is -0.390 e. The van der Waals surface area contributed by atoms with Crippen molar-refractivity contribution < 1.29 is 5.11 Å². The van der Waals surface area contributed by atoms with E-state index in [2.05, 4.69) is 29.2 Å². The summed E-state index contributed by atoms with van der Waals surface area (Å²) in [7, 11) is 0. The van der Waals surface area contributed by atoms with Crippen molar-refractivity contribution in [2.45, 2.75) is 24.9 Å². The SMILES string of the molecule is OC1(Cc2ccc(-n3ccnc3)cc2)CC1. The second-order valence-corrected chi connectivity index (χ2v) is 4.54. The molecule has 0 bridgehead atoms. The van der Waals surface area contributed by atoms with Crippen molar-refractivity contribution in [3.05, 3.63) is 48.5 Å². The molecule has 16 heavy (non-hydrogen) atoms. The zero-order chi connectivity index (χ0) is 11.0. The first-order valence-corrected chi connectivity index (χ1v) is 5.55. The van der Waals surface area contributed by atoms with E-state index in [9.17, 15) is 5.11 Å². The van der Waals surface area contributed by atoms with Crippen molar-refractivity contribution >= 4 is 0 Å². The molecule has 0 atom stereocenters. The zero-order valence-corrected chi connectivity index (χ0v) is 9.00. The van der Waals surface area contributed by atoms with Crippen LogP contribution in [0.15, 0.2) is 43.0 Å². The van der Waals surface area contributed by atoms with Crippen LogP contribution in [-0.4, -0.2) is 20.3 Å². The molecule has 82 valence electrons. The average Bonchev–Trinajstić information content (AvgIpc) is 2.83. The van der Waals surface area contributed by atoms with Gasteiger partial charge >= 0.3 is 0 Å². The number of hydrogen-bond acceptors (Lipinski definition) is 2. The Morgan fingerprint density at radius 3 is 2.56 bits per heavy atom. The molecule has 1 N–H and O–H groups in total. The van der Waals surface area contributed by atoms with E-state index >= 15 is 0 Å². The maximum atomic E-state index is 9.82. The van der Waals surface area contributed by atoms with Crippen LogP contribution in [0.25, 0.3) is 5.69 Å². The lowest BCUT2D eigenvalue weighted by atomic mass is 10.1. The highest BCUT2D eigenvalue weighted by molar-refractivity contribution is 5.35. The summed E-state index contributed by atoms with van der Waals surface area (Å²) in [5.41, 5.74) is 1.89. The topological polar surface area (TPSA) is 38.0 Å². The van der Waals surface area contributed by atoms with Gasteiger partial charge in [-0.05, 0) is 30.5 Å². The van der Waals surface area contributed by atoms with Gasteiger partial charge in [-0.3, -0.25) is 0 Å². The largest absolute Gasteiger partial charge is 0.390 e. The molecule has 1 fully saturated rings. The Hall–Kier alpha value is -1.61. The maximum Gasteiger partial charge on any atom is 0.0991 e. The molecule has 3 nitrogen and oxygen atoms in total. The molecule has 3 heteroatoms. The van der Waals surface area contributed by atoms with Crippen LogP contribution in [0.3, 0.4) is 0 Å². The first-order valence-electron chi connectivity index (χ1n) is 5.55. The molecule has 3 rings (SSSR count). The van der Waals surface area contributed by atoms with Crippen LogP contribution in [0.4, 0.5) is 0 Å². The summed E-state index contributed by atoms with van der Waals surface area (Å²) >= 11 is 0. The Kier molecular flexibility index (Phi) is 2.07. The third kappa shape index (κ3) is 1.86. The van der Waals surface area contributed by atoms with Crippen LogP contribution in [0, 0.1) is 0 Å². The molecule has 0 aliphatic heterocycles. The average molecular weight is 214 g/mol. The standard InChI is InChI=1S/C13H14N2O/c16-13(5-6-13)9-11-1-3-12(4-2-11)15-8-7-14-10-15/h1-4,7-8,10,16H,5-6,9H2. The van der Waals surface area contributed by atoms with E-state index in [1.807, 2.05) is 10.8 Å². The van der Waals surface area contributed by atoms with Crippen LogP contribution in [-0.2, 0) is 6.42 Å². The first kappa shape index (κ1) is 9.60. The molecule has 1 aliphatic rings. The summed E-state index contributed by atoms with van der Waals surface area (Å²) in [6, 6.07) is 8.27. The quantitative estimate of drug-likeness (QED) is 0.848. The van der Waals surface area contributed by atoms with Gasteiger partial charge in [-0.25, -0.2) is 4.98 Å². The Bertz CT molecular complexity index is 469. The van der Waals surface area contributed by atoms with Gasteiger partial charge < -0.3 is 9.67 Å². The summed E-state index contributed by atoms with van der Waals surface area (Å²) in [5.74, 6) is 0. The molecule has 1 aromatic carbocycles. The normalized spacial score (nSPS) is 17.3. The predicted molar refractivity (Wildman–Crippen MR) is 61.5 cm³/mol. The van der Waals surface area contributed by atoms with E-state index in [1.54, 1.807) is 12.5 Å². The molecule has 0 radical (unpaired) electrons. The first-order chi connectivity index (χ1) is 7.75. The predicted octanol–water partition coefficient (Wildman–Crippen LogP) is 1.94. The minimum atomic E-state index is -0.406. The lowest BCUT2D eigenvalue weighted by Gasteiger charge is -2.08. The number of rotatable bonds is 3. The van der Waals surface area contributed by atoms with Gasteiger partial charge in [0.05, 0.1) is 11.9 Å². The summed E-state index contributed by atoms with van der Waals surface area (Å²) < 4.78 is 1.97. The summed E-state index contributed by atoms with van der Waals surface area (Å²) in [5, 5.41) is 9.82. The fourth-order valence-electron chi connectivity index (χ4n) is 1.90. The number of imidazole rings is 1. The minimum absolute atomic E-state index is 0.406. The molecule has 1 heterocycles. The molecule has 1 aromatic heterocycles. The number of hydrogen-bond donors (Lipinski definition) is 1. The van der Waals surface area contributed by atoms with Crippen LogP contribution < -0.4 is 0 Å². The number of aromatic nitrogens is 2. The van der Waals surface area contributed by atoms with Crippen molar-refractivity contribution in [3.8, 4) is 5.69 Å². The highest BCUT2D eigenvalue weighted by Crippen LogP contribution is 2.38. The Balaban J connectivity index is 1.80. The summed E-state index contributed by atoms with van der Waals surface area (Å²) in [6.07, 6.45) is 8.12. The summed E-state index contributed by atoms with van der Waals surface area (Å²) in [6.45, 7) is 0. The van der Waals surface area contributed by atoms with Crippen molar-refractivity contribution in [2.24, 2.45) is 0 Å². The van der Waals surface area contributed by atoms with E-state index in [4.69, 9.17) is 0 Å². The second kappa shape index (κ2) is 3.46. The van der Waals surface area contributed by atoms with Crippen LogP contribution in [0.1, 0.15) is 18.4 Å². The number of aliphatic hydroxyl groups is 1. The smallest absolute Gasteiger partial charge is 0.0991 e. The van der Waals surface area contributed by atoms with Crippen LogP contribution in [0.5, 0.6) is 0 Å². The fourth-order valence-corrected chi connectivity index (χ4v) is 1.90. The van der Waals surface area contributed by atoms with E-state index in [0.29, 0.717) is 0 Å². The molecule has 2 aromatic rings. The number of nitrogens with zero attached hydrogens (tertiary/aromatic N) is 2. The van der Waals surface area contributed by atoms with Gasteiger partial charge in [-0.15, -0.1) is 0 Å². The maximum absolute atomic E-state index is 9.82. The van der Waals surface area contributed by atoms with Gasteiger partial charge in [0.1, 0.15) is 0 Å². The van der Waals surface area contributed by atoms with Crippen LogP contribution in [0.2, 0.25) is 0 Å². The van der Waals surface area contributed by atoms with E-state index in [0.717, 1.165) is 24.9 Å². The molecule has 0 saturated heterocycles. The van der Waals surface area contributed by atoms with Gasteiger partial charge in [-0.1, -0.05) is 12.1 Å². The Morgan fingerprint density at radius 2 is 2.00 bits per heavy atom. The van der Waals surface area contributed by atoms with Crippen molar-refractivity contribution in [1.82, 2.24) is 9.55 Å². The van der Waals surface area contributed by atoms with Crippen molar-refractivity contribution in [3.63, 3.8) is 0 Å².